The van der Waals surface area contributed by atoms with Crippen LogP contribution < -0.4 is 0 Å². The Morgan fingerprint density at radius 2 is 1.71 bits per heavy atom. The van der Waals surface area contributed by atoms with Crippen molar-refractivity contribution in [2.45, 2.75) is 24.9 Å². The minimum absolute atomic E-state index is 0.428. The molecule has 0 spiro atoms. The number of rotatable bonds is 1. The summed E-state index contributed by atoms with van der Waals surface area (Å²) in [6, 6.07) is 7.70. The SMILES string of the molecule is C=O.FC1CC(c2ccc(Cl)cc2)C1. The number of hydrogen-bond acceptors (Lipinski definition) is 1. The van der Waals surface area contributed by atoms with Crippen molar-refractivity contribution < 1.29 is 9.18 Å². The summed E-state index contributed by atoms with van der Waals surface area (Å²) in [5.74, 6) is 0.428. The first-order valence-corrected chi connectivity index (χ1v) is 4.82. The van der Waals surface area contributed by atoms with Gasteiger partial charge in [0.25, 0.3) is 0 Å². The molecule has 0 bridgehead atoms. The van der Waals surface area contributed by atoms with Crippen molar-refractivity contribution in [3.8, 4) is 0 Å². The van der Waals surface area contributed by atoms with Crippen molar-refractivity contribution in [2.24, 2.45) is 0 Å². The zero-order valence-electron chi connectivity index (χ0n) is 7.75. The molecule has 2 rings (SSSR count). The number of carbonyl (C=O) groups excluding carboxylic acids is 1. The highest BCUT2D eigenvalue weighted by molar-refractivity contribution is 6.30. The Kier molecular flexibility index (Phi) is 4.08. The van der Waals surface area contributed by atoms with Crippen LogP contribution >= 0.6 is 11.6 Å². The van der Waals surface area contributed by atoms with E-state index in [1.165, 1.54) is 5.56 Å². The maximum Gasteiger partial charge on any atom is 0.106 e. The molecule has 14 heavy (non-hydrogen) atoms. The van der Waals surface area contributed by atoms with Crippen LogP contribution in [0.4, 0.5) is 4.39 Å². The third kappa shape index (κ3) is 2.55. The molecule has 0 atom stereocenters. The van der Waals surface area contributed by atoms with Crippen LogP contribution in [0, 0.1) is 0 Å². The Morgan fingerprint density at radius 3 is 2.14 bits per heavy atom. The van der Waals surface area contributed by atoms with E-state index in [0.717, 1.165) is 5.02 Å². The lowest BCUT2D eigenvalue weighted by atomic mass is 9.78. The van der Waals surface area contributed by atoms with Crippen molar-refractivity contribution in [3.05, 3.63) is 34.9 Å². The van der Waals surface area contributed by atoms with Crippen LogP contribution in [-0.2, 0) is 4.79 Å². The molecule has 0 unspecified atom stereocenters. The second kappa shape index (κ2) is 5.11. The molecule has 0 radical (unpaired) electrons. The molecule has 1 aromatic rings. The summed E-state index contributed by atoms with van der Waals surface area (Å²) >= 11 is 5.73. The summed E-state index contributed by atoms with van der Waals surface area (Å²) in [7, 11) is 0. The molecule has 1 saturated carbocycles. The lowest BCUT2D eigenvalue weighted by Gasteiger charge is -2.29. The molecular formula is C11H12ClFO. The molecule has 0 heterocycles. The maximum atomic E-state index is 12.5. The van der Waals surface area contributed by atoms with Gasteiger partial charge in [-0.05, 0) is 36.5 Å². The average molecular weight is 215 g/mol. The number of carbonyl (C=O) groups is 1. The lowest BCUT2D eigenvalue weighted by Crippen LogP contribution is -2.22. The maximum absolute atomic E-state index is 12.5. The monoisotopic (exact) mass is 214 g/mol. The summed E-state index contributed by atoms with van der Waals surface area (Å²) in [6.45, 7) is 2.00. The minimum Gasteiger partial charge on any atom is -0.307 e. The normalized spacial score (nSPS) is 24.4. The zero-order valence-corrected chi connectivity index (χ0v) is 8.51. The molecule has 76 valence electrons. The van der Waals surface area contributed by atoms with Gasteiger partial charge in [-0.1, -0.05) is 23.7 Å². The highest BCUT2D eigenvalue weighted by Gasteiger charge is 2.29. The molecule has 1 nitrogen and oxygen atoms in total. The van der Waals surface area contributed by atoms with Crippen LogP contribution in [0.2, 0.25) is 5.02 Å². The van der Waals surface area contributed by atoms with Gasteiger partial charge in [0.15, 0.2) is 0 Å². The van der Waals surface area contributed by atoms with Crippen molar-refractivity contribution in [1.82, 2.24) is 0 Å². The van der Waals surface area contributed by atoms with Crippen molar-refractivity contribution in [1.29, 1.82) is 0 Å². The summed E-state index contributed by atoms with van der Waals surface area (Å²) in [6.07, 6.45) is 0.786. The fourth-order valence-corrected chi connectivity index (χ4v) is 1.68. The molecule has 1 aliphatic rings. The highest BCUT2D eigenvalue weighted by atomic mass is 35.5. The number of alkyl halides is 1. The number of halogens is 2. The molecule has 0 amide bonds. The first kappa shape index (κ1) is 11.2. The minimum atomic E-state index is -0.578. The van der Waals surface area contributed by atoms with Gasteiger partial charge in [0.2, 0.25) is 0 Å². The van der Waals surface area contributed by atoms with E-state index in [1.54, 1.807) is 0 Å². The Balaban J connectivity index is 0.000000461. The van der Waals surface area contributed by atoms with E-state index in [9.17, 15) is 4.39 Å². The summed E-state index contributed by atoms with van der Waals surface area (Å²) in [5.41, 5.74) is 1.22. The van der Waals surface area contributed by atoms with Gasteiger partial charge in [0.05, 0.1) is 0 Å². The third-order valence-electron chi connectivity index (χ3n) is 2.42. The quantitative estimate of drug-likeness (QED) is 0.701. The molecule has 0 aliphatic heterocycles. The summed E-state index contributed by atoms with van der Waals surface area (Å²) < 4.78 is 12.5. The first-order valence-electron chi connectivity index (χ1n) is 4.44. The molecular weight excluding hydrogens is 203 g/mol. The molecule has 0 aromatic heterocycles. The lowest BCUT2D eigenvalue weighted by molar-refractivity contribution is -0.0979. The number of benzene rings is 1. The standard InChI is InChI=1S/C10H10ClF.CH2O/c11-9-3-1-7(2-4-9)8-5-10(12)6-8;1-2/h1-4,8,10H,5-6H2;1H2. The van der Waals surface area contributed by atoms with Crippen LogP contribution in [-0.4, -0.2) is 13.0 Å². The van der Waals surface area contributed by atoms with Gasteiger partial charge in [0, 0.05) is 5.02 Å². The molecule has 1 aliphatic carbocycles. The first-order chi connectivity index (χ1) is 6.75. The van der Waals surface area contributed by atoms with E-state index < -0.39 is 6.17 Å². The molecule has 1 aromatic carbocycles. The van der Waals surface area contributed by atoms with Crippen LogP contribution in [0.5, 0.6) is 0 Å². The summed E-state index contributed by atoms with van der Waals surface area (Å²) in [4.78, 5) is 8.00. The van der Waals surface area contributed by atoms with Gasteiger partial charge >= 0.3 is 0 Å². The van der Waals surface area contributed by atoms with E-state index in [1.807, 2.05) is 31.1 Å². The van der Waals surface area contributed by atoms with Gasteiger partial charge in [-0.2, -0.15) is 0 Å². The average Bonchev–Trinajstić information content (AvgIpc) is 2.18. The molecule has 0 N–H and O–H groups in total. The fraction of sp³-hybridized carbons (Fsp3) is 0.364. The second-order valence-electron chi connectivity index (χ2n) is 3.32. The smallest absolute Gasteiger partial charge is 0.106 e. The van der Waals surface area contributed by atoms with Crippen molar-refractivity contribution in [3.63, 3.8) is 0 Å². The predicted molar refractivity (Wildman–Crippen MR) is 55.4 cm³/mol. The molecule has 0 saturated heterocycles. The van der Waals surface area contributed by atoms with E-state index in [2.05, 4.69) is 0 Å². The topological polar surface area (TPSA) is 17.1 Å². The van der Waals surface area contributed by atoms with Crippen molar-refractivity contribution >= 4 is 18.4 Å². The second-order valence-corrected chi connectivity index (χ2v) is 3.75. The predicted octanol–water partition coefficient (Wildman–Crippen LogP) is 3.37. The summed E-state index contributed by atoms with van der Waals surface area (Å²) in [5, 5.41) is 0.745. The van der Waals surface area contributed by atoms with Crippen LogP contribution in [0.1, 0.15) is 24.3 Å². The Bertz CT molecular complexity index is 280. The Morgan fingerprint density at radius 1 is 1.21 bits per heavy atom. The van der Waals surface area contributed by atoms with Gasteiger partial charge < -0.3 is 4.79 Å². The molecule has 1 fully saturated rings. The van der Waals surface area contributed by atoms with Crippen LogP contribution in [0.3, 0.4) is 0 Å². The van der Waals surface area contributed by atoms with Gasteiger partial charge in [0.1, 0.15) is 13.0 Å². The van der Waals surface area contributed by atoms with E-state index >= 15 is 0 Å². The fourth-order valence-electron chi connectivity index (χ4n) is 1.56. The van der Waals surface area contributed by atoms with E-state index in [0.29, 0.717) is 18.8 Å². The van der Waals surface area contributed by atoms with E-state index in [4.69, 9.17) is 16.4 Å². The largest absolute Gasteiger partial charge is 0.307 e. The van der Waals surface area contributed by atoms with Gasteiger partial charge in [-0.15, -0.1) is 0 Å². The van der Waals surface area contributed by atoms with Crippen molar-refractivity contribution in [2.75, 3.05) is 0 Å². The van der Waals surface area contributed by atoms with Gasteiger partial charge in [-0.3, -0.25) is 0 Å². The van der Waals surface area contributed by atoms with E-state index in [-0.39, 0.29) is 0 Å². The Labute approximate surface area is 87.9 Å². The Hall–Kier alpha value is -0.890. The van der Waals surface area contributed by atoms with Gasteiger partial charge in [-0.25, -0.2) is 4.39 Å². The molecule has 3 heteroatoms. The highest BCUT2D eigenvalue weighted by Crippen LogP contribution is 2.38. The third-order valence-corrected chi connectivity index (χ3v) is 2.67. The van der Waals surface area contributed by atoms with Crippen LogP contribution in [0.15, 0.2) is 24.3 Å². The number of hydrogen-bond donors (Lipinski definition) is 0. The zero-order chi connectivity index (χ0) is 10.6. The van der Waals surface area contributed by atoms with Crippen LogP contribution in [0.25, 0.3) is 0 Å².